The lowest BCUT2D eigenvalue weighted by Gasteiger charge is -2.23. The maximum absolute atomic E-state index is 12.3. The Kier molecular flexibility index (Phi) is 3.55. The van der Waals surface area contributed by atoms with E-state index in [-0.39, 0.29) is 5.91 Å². The molecule has 2 fully saturated rings. The van der Waals surface area contributed by atoms with E-state index in [1.807, 2.05) is 21.8 Å². The molecule has 0 radical (unpaired) electrons. The summed E-state index contributed by atoms with van der Waals surface area (Å²) in [5, 5.41) is 7.87. The molecule has 2 atom stereocenters. The van der Waals surface area contributed by atoms with Crippen LogP contribution in [0.1, 0.15) is 42.7 Å². The summed E-state index contributed by atoms with van der Waals surface area (Å²) in [6.07, 6.45) is 5.38. The van der Waals surface area contributed by atoms with Gasteiger partial charge in [-0.05, 0) is 37.8 Å². The van der Waals surface area contributed by atoms with Gasteiger partial charge in [0.1, 0.15) is 5.69 Å². The molecule has 3 rings (SSSR count). The van der Waals surface area contributed by atoms with Gasteiger partial charge in [-0.2, -0.15) is 5.10 Å². The van der Waals surface area contributed by atoms with E-state index in [1.54, 1.807) is 0 Å². The Morgan fingerprint density at radius 2 is 2.37 bits per heavy atom. The molecule has 0 aromatic carbocycles. The second-order valence-corrected chi connectivity index (χ2v) is 5.83. The van der Waals surface area contributed by atoms with Crippen molar-refractivity contribution in [3.8, 4) is 0 Å². The standard InChI is InChI=1S/C14H22N4O/c1-11-4-7-17(10-11)14(19)13-5-8-18(16-13)12-3-2-6-15-9-12/h5,8,11-12,15H,2-4,6-7,9-10H2,1H3/t11-,12-/m0/s1. The highest BCUT2D eigenvalue weighted by atomic mass is 16.2. The third kappa shape index (κ3) is 2.66. The highest BCUT2D eigenvalue weighted by Gasteiger charge is 2.26. The Balaban J connectivity index is 1.68. The number of carbonyl (C=O) groups excluding carboxylic acids is 1. The van der Waals surface area contributed by atoms with Gasteiger partial charge in [-0.1, -0.05) is 6.92 Å². The summed E-state index contributed by atoms with van der Waals surface area (Å²) in [4.78, 5) is 14.3. The molecule has 19 heavy (non-hydrogen) atoms. The molecule has 1 N–H and O–H groups in total. The number of amides is 1. The average Bonchev–Trinajstić information content (AvgIpc) is 3.08. The van der Waals surface area contributed by atoms with E-state index in [0.29, 0.717) is 17.7 Å². The zero-order chi connectivity index (χ0) is 13.2. The second kappa shape index (κ2) is 5.33. The van der Waals surface area contributed by atoms with Crippen molar-refractivity contribution in [2.24, 2.45) is 5.92 Å². The van der Waals surface area contributed by atoms with Gasteiger partial charge in [-0.25, -0.2) is 0 Å². The van der Waals surface area contributed by atoms with Crippen LogP contribution in [0.15, 0.2) is 12.3 Å². The van der Waals surface area contributed by atoms with Gasteiger partial charge >= 0.3 is 0 Å². The van der Waals surface area contributed by atoms with E-state index >= 15 is 0 Å². The fourth-order valence-electron chi connectivity index (χ4n) is 3.00. The summed E-state index contributed by atoms with van der Waals surface area (Å²) in [5.74, 6) is 0.709. The first-order chi connectivity index (χ1) is 9.24. The number of rotatable bonds is 2. The molecule has 0 bridgehead atoms. The lowest BCUT2D eigenvalue weighted by Crippen LogP contribution is -2.32. The van der Waals surface area contributed by atoms with Gasteiger partial charge in [0.25, 0.3) is 5.91 Å². The molecule has 2 aliphatic rings. The third-order valence-corrected chi connectivity index (χ3v) is 4.18. The monoisotopic (exact) mass is 262 g/mol. The van der Waals surface area contributed by atoms with Gasteiger partial charge in [0.2, 0.25) is 0 Å². The maximum atomic E-state index is 12.3. The number of likely N-dealkylation sites (tertiary alicyclic amines) is 1. The quantitative estimate of drug-likeness (QED) is 0.873. The first-order valence-corrected chi connectivity index (χ1v) is 7.29. The molecule has 5 heteroatoms. The maximum Gasteiger partial charge on any atom is 0.274 e. The van der Waals surface area contributed by atoms with Crippen LogP contribution in [0.5, 0.6) is 0 Å². The van der Waals surface area contributed by atoms with Crippen LogP contribution in [-0.4, -0.2) is 46.8 Å². The lowest BCUT2D eigenvalue weighted by atomic mass is 10.1. The normalized spacial score (nSPS) is 27.7. The molecular weight excluding hydrogens is 240 g/mol. The number of nitrogens with one attached hydrogen (secondary N) is 1. The summed E-state index contributed by atoms with van der Waals surface area (Å²) in [6, 6.07) is 2.26. The molecule has 0 aliphatic carbocycles. The molecule has 5 nitrogen and oxygen atoms in total. The van der Waals surface area contributed by atoms with Crippen LogP contribution in [-0.2, 0) is 0 Å². The van der Waals surface area contributed by atoms with E-state index in [0.717, 1.165) is 39.0 Å². The number of aromatic nitrogens is 2. The van der Waals surface area contributed by atoms with Crippen LogP contribution in [0.4, 0.5) is 0 Å². The van der Waals surface area contributed by atoms with Gasteiger partial charge < -0.3 is 10.2 Å². The zero-order valence-electron chi connectivity index (χ0n) is 11.5. The third-order valence-electron chi connectivity index (χ3n) is 4.18. The van der Waals surface area contributed by atoms with Gasteiger partial charge in [0, 0.05) is 25.8 Å². The summed E-state index contributed by atoms with van der Waals surface area (Å²) in [6.45, 7) is 5.99. The van der Waals surface area contributed by atoms with Crippen LogP contribution < -0.4 is 5.32 Å². The number of hydrogen-bond donors (Lipinski definition) is 1. The van der Waals surface area contributed by atoms with E-state index in [1.165, 1.54) is 6.42 Å². The topological polar surface area (TPSA) is 50.2 Å². The molecule has 1 amide bonds. The van der Waals surface area contributed by atoms with Crippen LogP contribution in [0.3, 0.4) is 0 Å². The van der Waals surface area contributed by atoms with Crippen LogP contribution in [0.2, 0.25) is 0 Å². The largest absolute Gasteiger partial charge is 0.337 e. The van der Waals surface area contributed by atoms with Crippen LogP contribution in [0.25, 0.3) is 0 Å². The molecule has 0 spiro atoms. The van der Waals surface area contributed by atoms with Crippen molar-refractivity contribution in [2.45, 2.75) is 32.2 Å². The Morgan fingerprint density at radius 3 is 3.05 bits per heavy atom. The summed E-state index contributed by atoms with van der Waals surface area (Å²) >= 11 is 0. The molecule has 104 valence electrons. The predicted octanol–water partition coefficient (Wildman–Crippen LogP) is 1.29. The fraction of sp³-hybridized carbons (Fsp3) is 0.714. The van der Waals surface area contributed by atoms with Crippen molar-refractivity contribution in [1.82, 2.24) is 20.0 Å². The summed E-state index contributed by atoms with van der Waals surface area (Å²) in [5.41, 5.74) is 0.597. The average molecular weight is 262 g/mol. The minimum Gasteiger partial charge on any atom is -0.337 e. The molecular formula is C14H22N4O. The van der Waals surface area contributed by atoms with Crippen LogP contribution >= 0.6 is 0 Å². The SMILES string of the molecule is C[C@H]1CCN(C(=O)c2ccn([C@H]3CCCNC3)n2)C1. The minimum atomic E-state index is 0.0897. The van der Waals surface area contributed by atoms with Crippen molar-refractivity contribution < 1.29 is 4.79 Å². The Hall–Kier alpha value is -1.36. The molecule has 3 heterocycles. The number of hydrogen-bond acceptors (Lipinski definition) is 3. The van der Waals surface area contributed by atoms with Gasteiger partial charge in [-0.3, -0.25) is 9.48 Å². The van der Waals surface area contributed by atoms with Crippen molar-refractivity contribution in [3.63, 3.8) is 0 Å². The summed E-state index contributed by atoms with van der Waals surface area (Å²) in [7, 11) is 0. The van der Waals surface area contributed by atoms with E-state index < -0.39 is 0 Å². The van der Waals surface area contributed by atoms with E-state index in [4.69, 9.17) is 0 Å². The number of piperidine rings is 1. The molecule has 0 unspecified atom stereocenters. The highest BCUT2D eigenvalue weighted by molar-refractivity contribution is 5.92. The Bertz CT molecular complexity index is 450. The molecule has 1 aromatic heterocycles. The Morgan fingerprint density at radius 1 is 1.47 bits per heavy atom. The number of nitrogens with zero attached hydrogens (tertiary/aromatic N) is 3. The van der Waals surface area contributed by atoms with Crippen molar-refractivity contribution in [3.05, 3.63) is 18.0 Å². The smallest absolute Gasteiger partial charge is 0.274 e. The number of carbonyl (C=O) groups is 1. The molecule has 0 saturated carbocycles. The predicted molar refractivity (Wildman–Crippen MR) is 73.1 cm³/mol. The highest BCUT2D eigenvalue weighted by Crippen LogP contribution is 2.19. The van der Waals surface area contributed by atoms with Crippen molar-refractivity contribution >= 4 is 5.91 Å². The first-order valence-electron chi connectivity index (χ1n) is 7.29. The van der Waals surface area contributed by atoms with Crippen molar-refractivity contribution in [2.75, 3.05) is 26.2 Å². The molecule has 2 saturated heterocycles. The van der Waals surface area contributed by atoms with Crippen molar-refractivity contribution in [1.29, 1.82) is 0 Å². The summed E-state index contributed by atoms with van der Waals surface area (Å²) < 4.78 is 1.96. The van der Waals surface area contributed by atoms with Gasteiger partial charge in [-0.15, -0.1) is 0 Å². The van der Waals surface area contributed by atoms with Crippen LogP contribution in [0, 0.1) is 5.92 Å². The molecule has 1 aromatic rings. The fourth-order valence-corrected chi connectivity index (χ4v) is 3.00. The van der Waals surface area contributed by atoms with E-state index in [2.05, 4.69) is 17.3 Å². The van der Waals surface area contributed by atoms with Gasteiger partial charge in [0.15, 0.2) is 0 Å². The Labute approximate surface area is 114 Å². The van der Waals surface area contributed by atoms with Gasteiger partial charge in [0.05, 0.1) is 6.04 Å². The minimum absolute atomic E-state index is 0.0897. The molecule has 2 aliphatic heterocycles. The second-order valence-electron chi connectivity index (χ2n) is 5.83. The lowest BCUT2D eigenvalue weighted by molar-refractivity contribution is 0.0781. The zero-order valence-corrected chi connectivity index (χ0v) is 11.5. The first kappa shape index (κ1) is 12.7. The van der Waals surface area contributed by atoms with E-state index in [9.17, 15) is 4.79 Å².